The molecule has 1 aliphatic heterocycles. The number of methoxy groups -OCH3 is 1. The maximum absolute atomic E-state index is 13.4. The van der Waals surface area contributed by atoms with Crippen molar-refractivity contribution >= 4 is 17.9 Å². The van der Waals surface area contributed by atoms with Crippen LogP contribution in [0.15, 0.2) is 42.6 Å². The predicted octanol–water partition coefficient (Wildman–Crippen LogP) is 2.34. The third-order valence-corrected chi connectivity index (χ3v) is 5.84. The predicted molar refractivity (Wildman–Crippen MR) is 133 cm³/mol. The standard InChI is InChI=1S/C26H34N4O6/c1-25(2,3)36-24(33)30-26(10-13-35-14-11-26)23(32)29-20(22(27)31)15-17-5-7-18(8-6-17)19-9-12-28-21(16-19)34-4/h5-9,12,16,20H,10-11,13-15H2,1-4H3,(H2,27,31)(H,29,32)(H,30,33)/t20-/m0/s1. The van der Waals surface area contributed by atoms with E-state index in [2.05, 4.69) is 15.6 Å². The average molecular weight is 499 g/mol. The smallest absolute Gasteiger partial charge is 0.408 e. The van der Waals surface area contributed by atoms with Gasteiger partial charge in [-0.3, -0.25) is 9.59 Å². The van der Waals surface area contributed by atoms with Gasteiger partial charge in [0.05, 0.1) is 7.11 Å². The highest BCUT2D eigenvalue weighted by Crippen LogP contribution is 2.24. The highest BCUT2D eigenvalue weighted by Gasteiger charge is 2.43. The number of amides is 3. The first-order valence-electron chi connectivity index (χ1n) is 11.8. The molecule has 4 N–H and O–H groups in total. The largest absolute Gasteiger partial charge is 0.481 e. The van der Waals surface area contributed by atoms with E-state index in [4.69, 9.17) is 19.9 Å². The van der Waals surface area contributed by atoms with Crippen molar-refractivity contribution < 1.29 is 28.6 Å². The molecule has 0 unspecified atom stereocenters. The molecule has 1 aromatic heterocycles. The molecule has 3 amide bonds. The molecule has 10 heteroatoms. The van der Waals surface area contributed by atoms with Gasteiger partial charge in [0.1, 0.15) is 17.2 Å². The first kappa shape index (κ1) is 26.9. The molecule has 36 heavy (non-hydrogen) atoms. The zero-order valence-corrected chi connectivity index (χ0v) is 21.1. The van der Waals surface area contributed by atoms with Gasteiger partial charge in [-0.25, -0.2) is 9.78 Å². The van der Waals surface area contributed by atoms with E-state index in [1.54, 1.807) is 34.1 Å². The molecule has 2 aromatic rings. The normalized spacial score (nSPS) is 15.9. The molecule has 0 aliphatic carbocycles. The van der Waals surface area contributed by atoms with E-state index in [0.29, 0.717) is 5.88 Å². The highest BCUT2D eigenvalue weighted by atomic mass is 16.6. The molecule has 1 fully saturated rings. The van der Waals surface area contributed by atoms with Gasteiger partial charge < -0.3 is 30.6 Å². The van der Waals surface area contributed by atoms with Crippen LogP contribution in [0.2, 0.25) is 0 Å². The van der Waals surface area contributed by atoms with Gasteiger partial charge in [-0.1, -0.05) is 24.3 Å². The summed E-state index contributed by atoms with van der Waals surface area (Å²) in [7, 11) is 1.56. The lowest BCUT2D eigenvalue weighted by molar-refractivity contribution is -0.135. The first-order valence-corrected chi connectivity index (χ1v) is 11.8. The minimum absolute atomic E-state index is 0.194. The number of hydrogen-bond donors (Lipinski definition) is 3. The number of carbonyl (C=O) groups excluding carboxylic acids is 3. The lowest BCUT2D eigenvalue weighted by atomic mass is 9.88. The van der Waals surface area contributed by atoms with Crippen LogP contribution >= 0.6 is 0 Å². The Balaban J connectivity index is 1.72. The number of rotatable bonds is 8. The summed E-state index contributed by atoms with van der Waals surface area (Å²) >= 11 is 0. The van der Waals surface area contributed by atoms with E-state index in [1.807, 2.05) is 36.4 Å². The SMILES string of the molecule is COc1cc(-c2ccc(C[C@H](NC(=O)C3(NC(=O)OC(C)(C)C)CCOCC3)C(N)=O)cc2)ccn1. The first-order chi connectivity index (χ1) is 17.0. The van der Waals surface area contributed by atoms with Crippen LogP contribution in [0.5, 0.6) is 5.88 Å². The van der Waals surface area contributed by atoms with E-state index >= 15 is 0 Å². The average Bonchev–Trinajstić information content (AvgIpc) is 2.83. The Labute approximate surface area is 210 Å². The van der Waals surface area contributed by atoms with Crippen LogP contribution in [-0.2, 0) is 25.5 Å². The second-order valence-corrected chi connectivity index (χ2v) is 9.74. The third-order valence-electron chi connectivity index (χ3n) is 5.84. The van der Waals surface area contributed by atoms with Gasteiger partial charge in [0, 0.05) is 44.7 Å². The van der Waals surface area contributed by atoms with E-state index in [1.165, 1.54) is 0 Å². The Bertz CT molecular complexity index is 1070. The third kappa shape index (κ3) is 7.17. The van der Waals surface area contributed by atoms with Crippen LogP contribution in [0.25, 0.3) is 11.1 Å². The van der Waals surface area contributed by atoms with Gasteiger partial charge in [-0.05, 0) is 43.5 Å². The number of ether oxygens (including phenoxy) is 3. The van der Waals surface area contributed by atoms with Crippen molar-refractivity contribution in [3.05, 3.63) is 48.2 Å². The van der Waals surface area contributed by atoms with Crippen molar-refractivity contribution in [1.82, 2.24) is 15.6 Å². The fourth-order valence-corrected chi connectivity index (χ4v) is 3.92. The molecule has 1 saturated heterocycles. The summed E-state index contributed by atoms with van der Waals surface area (Å²) in [6.45, 7) is 5.78. The summed E-state index contributed by atoms with van der Waals surface area (Å²) in [6, 6.07) is 10.3. The maximum Gasteiger partial charge on any atom is 0.408 e. The summed E-state index contributed by atoms with van der Waals surface area (Å²) in [5, 5.41) is 5.45. The summed E-state index contributed by atoms with van der Waals surface area (Å²) in [5.74, 6) is -0.665. The fraction of sp³-hybridized carbons (Fsp3) is 0.462. The van der Waals surface area contributed by atoms with Crippen molar-refractivity contribution in [3.63, 3.8) is 0 Å². The van der Waals surface area contributed by atoms with Gasteiger partial charge in [-0.2, -0.15) is 0 Å². The van der Waals surface area contributed by atoms with E-state index in [0.717, 1.165) is 16.7 Å². The Morgan fingerprint density at radius 1 is 1.11 bits per heavy atom. The van der Waals surface area contributed by atoms with Gasteiger partial charge in [0.15, 0.2) is 0 Å². The quantitative estimate of drug-likeness (QED) is 0.507. The van der Waals surface area contributed by atoms with E-state index in [9.17, 15) is 14.4 Å². The Morgan fingerprint density at radius 3 is 2.36 bits per heavy atom. The van der Waals surface area contributed by atoms with Crippen LogP contribution in [0.4, 0.5) is 4.79 Å². The fourth-order valence-electron chi connectivity index (χ4n) is 3.92. The van der Waals surface area contributed by atoms with E-state index in [-0.39, 0.29) is 32.5 Å². The molecular formula is C26H34N4O6. The van der Waals surface area contributed by atoms with Crippen LogP contribution in [0, 0.1) is 0 Å². The topological polar surface area (TPSA) is 142 Å². The molecule has 1 aliphatic rings. The zero-order chi connectivity index (χ0) is 26.3. The maximum atomic E-state index is 13.4. The number of alkyl carbamates (subject to hydrolysis) is 1. The minimum Gasteiger partial charge on any atom is -0.481 e. The van der Waals surface area contributed by atoms with Gasteiger partial charge in [0.25, 0.3) is 0 Å². The number of nitrogens with zero attached hydrogens (tertiary/aromatic N) is 1. The molecule has 0 bridgehead atoms. The summed E-state index contributed by atoms with van der Waals surface area (Å²) < 4.78 is 15.9. The van der Waals surface area contributed by atoms with Crippen LogP contribution in [0.1, 0.15) is 39.2 Å². The molecule has 10 nitrogen and oxygen atoms in total. The molecule has 0 radical (unpaired) electrons. The molecule has 2 heterocycles. The van der Waals surface area contributed by atoms with Gasteiger partial charge >= 0.3 is 6.09 Å². The number of nitrogens with two attached hydrogens (primary N) is 1. The van der Waals surface area contributed by atoms with Crippen molar-refractivity contribution in [3.8, 4) is 17.0 Å². The van der Waals surface area contributed by atoms with Crippen LogP contribution in [0.3, 0.4) is 0 Å². The number of pyridine rings is 1. The van der Waals surface area contributed by atoms with Crippen molar-refractivity contribution in [2.75, 3.05) is 20.3 Å². The second kappa shape index (κ2) is 11.4. The number of primary amides is 1. The summed E-state index contributed by atoms with van der Waals surface area (Å²) in [5.41, 5.74) is 6.33. The molecular weight excluding hydrogens is 464 g/mol. The number of benzene rings is 1. The molecule has 1 aromatic carbocycles. The number of hydrogen-bond acceptors (Lipinski definition) is 7. The molecule has 194 valence electrons. The Morgan fingerprint density at radius 2 is 1.78 bits per heavy atom. The number of aromatic nitrogens is 1. The van der Waals surface area contributed by atoms with Crippen LogP contribution < -0.4 is 21.1 Å². The van der Waals surface area contributed by atoms with Gasteiger partial charge in [-0.15, -0.1) is 0 Å². The van der Waals surface area contributed by atoms with Crippen molar-refractivity contribution in [2.45, 2.75) is 57.2 Å². The Kier molecular flexibility index (Phi) is 8.52. The second-order valence-electron chi connectivity index (χ2n) is 9.74. The minimum atomic E-state index is -1.27. The monoisotopic (exact) mass is 498 g/mol. The highest BCUT2D eigenvalue weighted by molar-refractivity contribution is 5.94. The summed E-state index contributed by atoms with van der Waals surface area (Å²) in [4.78, 5) is 42.2. The van der Waals surface area contributed by atoms with E-state index < -0.39 is 35.1 Å². The number of carbonyl (C=O) groups is 3. The van der Waals surface area contributed by atoms with Crippen molar-refractivity contribution in [1.29, 1.82) is 0 Å². The Hall–Kier alpha value is -3.66. The zero-order valence-electron chi connectivity index (χ0n) is 21.1. The lowest BCUT2D eigenvalue weighted by Crippen LogP contribution is -2.64. The molecule has 0 saturated carbocycles. The van der Waals surface area contributed by atoms with Crippen molar-refractivity contribution in [2.24, 2.45) is 5.73 Å². The summed E-state index contributed by atoms with van der Waals surface area (Å²) in [6.07, 6.45) is 1.64. The lowest BCUT2D eigenvalue weighted by Gasteiger charge is -2.37. The molecule has 0 spiro atoms. The van der Waals surface area contributed by atoms with Gasteiger partial charge in [0.2, 0.25) is 17.7 Å². The number of nitrogens with one attached hydrogen (secondary N) is 2. The molecule has 1 atom stereocenters. The van der Waals surface area contributed by atoms with Crippen LogP contribution in [-0.4, -0.2) is 60.4 Å². The molecule has 3 rings (SSSR count).